The van der Waals surface area contributed by atoms with Gasteiger partial charge >= 0.3 is 0 Å². The second-order valence-corrected chi connectivity index (χ2v) is 6.30. The number of hydrogen-bond donors (Lipinski definition) is 0. The Morgan fingerprint density at radius 2 is 1.67 bits per heavy atom. The number of pyridine rings is 1. The molecule has 1 aromatic heterocycles. The van der Waals surface area contributed by atoms with Crippen LogP contribution >= 0.6 is 34.8 Å². The third kappa shape index (κ3) is 2.74. The van der Waals surface area contributed by atoms with Crippen molar-refractivity contribution in [3.63, 3.8) is 0 Å². The lowest BCUT2D eigenvalue weighted by Crippen LogP contribution is -1.96. The fourth-order valence-corrected chi connectivity index (χ4v) is 2.97. The van der Waals surface area contributed by atoms with Crippen molar-refractivity contribution in [2.45, 2.75) is 12.3 Å². The molecule has 4 heteroatoms. The van der Waals surface area contributed by atoms with Crippen molar-refractivity contribution < 1.29 is 0 Å². The highest BCUT2D eigenvalue weighted by atomic mass is 35.5. The third-order valence-corrected chi connectivity index (χ3v) is 4.25. The molecule has 3 rings (SSSR count). The van der Waals surface area contributed by atoms with Gasteiger partial charge in [-0.2, -0.15) is 0 Å². The molecule has 1 nitrogen and oxygen atoms in total. The summed E-state index contributed by atoms with van der Waals surface area (Å²) in [6.45, 7) is 1.93. The molecule has 3 aromatic rings. The first-order valence-electron chi connectivity index (χ1n) is 6.56. The van der Waals surface area contributed by atoms with E-state index < -0.39 is 0 Å². The molecule has 0 saturated carbocycles. The van der Waals surface area contributed by atoms with E-state index in [4.69, 9.17) is 39.8 Å². The van der Waals surface area contributed by atoms with Crippen molar-refractivity contribution in [2.75, 3.05) is 0 Å². The highest BCUT2D eigenvalue weighted by Crippen LogP contribution is 2.37. The number of para-hydroxylation sites is 1. The van der Waals surface area contributed by atoms with E-state index in [0.717, 1.165) is 27.7 Å². The van der Waals surface area contributed by atoms with Gasteiger partial charge in [-0.3, -0.25) is 0 Å². The minimum Gasteiger partial charge on any atom is -0.246 e. The molecule has 21 heavy (non-hydrogen) atoms. The predicted octanol–water partition coefficient (Wildman–Crippen LogP) is 6.51. The molecular weight excluding hydrogens is 325 g/mol. The van der Waals surface area contributed by atoms with Crippen LogP contribution in [0.4, 0.5) is 0 Å². The molecule has 1 atom stereocenters. The molecule has 0 aliphatic carbocycles. The number of fused-ring (bicyclic) bond motifs is 1. The summed E-state index contributed by atoms with van der Waals surface area (Å²) in [5.74, 6) is 0. The molecule has 0 radical (unpaired) electrons. The van der Waals surface area contributed by atoms with E-state index in [2.05, 4.69) is 0 Å². The molecule has 0 saturated heterocycles. The maximum absolute atomic E-state index is 6.33. The van der Waals surface area contributed by atoms with Crippen LogP contribution in [0.2, 0.25) is 10.0 Å². The van der Waals surface area contributed by atoms with Crippen molar-refractivity contribution in [3.8, 4) is 11.3 Å². The quantitative estimate of drug-likeness (QED) is 0.486. The lowest BCUT2D eigenvalue weighted by molar-refractivity contribution is 1.07. The number of rotatable bonds is 2. The Hall–Kier alpha value is -1.28. The van der Waals surface area contributed by atoms with Gasteiger partial charge in [-0.1, -0.05) is 53.5 Å². The maximum Gasteiger partial charge on any atom is 0.0895 e. The highest BCUT2D eigenvalue weighted by molar-refractivity contribution is 6.35. The zero-order chi connectivity index (χ0) is 15.0. The largest absolute Gasteiger partial charge is 0.246 e. The molecule has 1 heterocycles. The summed E-state index contributed by atoms with van der Waals surface area (Å²) >= 11 is 18.9. The summed E-state index contributed by atoms with van der Waals surface area (Å²) in [7, 11) is 0. The van der Waals surface area contributed by atoms with Crippen LogP contribution in [-0.4, -0.2) is 4.98 Å². The van der Waals surface area contributed by atoms with Crippen LogP contribution in [0.1, 0.15) is 17.9 Å². The lowest BCUT2D eigenvalue weighted by atomic mass is 10.0. The SMILES string of the molecule is CC(Cl)c1cc2cccc(Cl)c2nc1-c1ccccc1Cl. The van der Waals surface area contributed by atoms with E-state index in [1.807, 2.05) is 55.5 Å². The van der Waals surface area contributed by atoms with E-state index in [-0.39, 0.29) is 5.38 Å². The van der Waals surface area contributed by atoms with E-state index in [9.17, 15) is 0 Å². The minimum absolute atomic E-state index is 0.174. The van der Waals surface area contributed by atoms with Crippen molar-refractivity contribution >= 4 is 45.7 Å². The molecule has 1 unspecified atom stereocenters. The normalized spacial score (nSPS) is 12.6. The number of hydrogen-bond acceptors (Lipinski definition) is 1. The average Bonchev–Trinajstić information content (AvgIpc) is 2.47. The Labute approximate surface area is 138 Å². The Morgan fingerprint density at radius 1 is 0.952 bits per heavy atom. The Morgan fingerprint density at radius 3 is 2.38 bits per heavy atom. The van der Waals surface area contributed by atoms with Gasteiger partial charge in [0.1, 0.15) is 0 Å². The van der Waals surface area contributed by atoms with E-state index in [0.29, 0.717) is 10.0 Å². The first kappa shape index (κ1) is 14.6. The van der Waals surface area contributed by atoms with Crippen LogP contribution in [0.3, 0.4) is 0 Å². The number of halogens is 3. The molecule has 0 N–H and O–H groups in total. The van der Waals surface area contributed by atoms with Crippen LogP contribution in [0.15, 0.2) is 48.5 Å². The predicted molar refractivity (Wildman–Crippen MR) is 91.5 cm³/mol. The lowest BCUT2D eigenvalue weighted by Gasteiger charge is -2.14. The minimum atomic E-state index is -0.174. The molecule has 106 valence electrons. The fourth-order valence-electron chi connectivity index (χ4n) is 2.35. The first-order chi connectivity index (χ1) is 10.1. The van der Waals surface area contributed by atoms with Gasteiger partial charge in [0, 0.05) is 16.0 Å². The fraction of sp³-hybridized carbons (Fsp3) is 0.118. The monoisotopic (exact) mass is 335 g/mol. The van der Waals surface area contributed by atoms with Crippen LogP contribution < -0.4 is 0 Å². The van der Waals surface area contributed by atoms with Gasteiger partial charge in [0.15, 0.2) is 0 Å². The van der Waals surface area contributed by atoms with Gasteiger partial charge in [0.2, 0.25) is 0 Å². The zero-order valence-corrected chi connectivity index (χ0v) is 13.5. The van der Waals surface area contributed by atoms with Gasteiger partial charge in [-0.15, -0.1) is 11.6 Å². The Kier molecular flexibility index (Phi) is 4.08. The van der Waals surface area contributed by atoms with Gasteiger partial charge < -0.3 is 0 Å². The summed E-state index contributed by atoms with van der Waals surface area (Å²) in [4.78, 5) is 4.73. The summed E-state index contributed by atoms with van der Waals surface area (Å²) in [5.41, 5.74) is 3.35. The van der Waals surface area contributed by atoms with Crippen LogP contribution in [-0.2, 0) is 0 Å². The van der Waals surface area contributed by atoms with Crippen LogP contribution in [0.5, 0.6) is 0 Å². The summed E-state index contributed by atoms with van der Waals surface area (Å²) in [6, 6.07) is 15.4. The van der Waals surface area contributed by atoms with Crippen LogP contribution in [0, 0.1) is 0 Å². The van der Waals surface area contributed by atoms with E-state index in [1.165, 1.54) is 0 Å². The molecule has 0 aliphatic rings. The standard InChI is InChI=1S/C17H12Cl3N/c1-10(18)13-9-11-5-4-8-15(20)16(11)21-17(13)12-6-2-3-7-14(12)19/h2-10H,1H3. The van der Waals surface area contributed by atoms with Gasteiger partial charge in [0.25, 0.3) is 0 Å². The first-order valence-corrected chi connectivity index (χ1v) is 7.75. The van der Waals surface area contributed by atoms with Crippen molar-refractivity contribution in [2.24, 2.45) is 0 Å². The van der Waals surface area contributed by atoms with E-state index in [1.54, 1.807) is 0 Å². The summed E-state index contributed by atoms with van der Waals surface area (Å²) < 4.78 is 0. The second-order valence-electron chi connectivity index (χ2n) is 4.83. The van der Waals surface area contributed by atoms with Gasteiger partial charge in [0.05, 0.1) is 21.6 Å². The summed E-state index contributed by atoms with van der Waals surface area (Å²) in [6.07, 6.45) is 0. The maximum atomic E-state index is 6.33. The topological polar surface area (TPSA) is 12.9 Å². The molecule has 0 amide bonds. The van der Waals surface area contributed by atoms with Gasteiger partial charge in [-0.25, -0.2) is 4.98 Å². The molecule has 0 aliphatic heterocycles. The number of nitrogens with zero attached hydrogens (tertiary/aromatic N) is 1. The number of benzene rings is 2. The zero-order valence-electron chi connectivity index (χ0n) is 11.3. The third-order valence-electron chi connectivity index (χ3n) is 3.38. The smallest absolute Gasteiger partial charge is 0.0895 e. The number of alkyl halides is 1. The highest BCUT2D eigenvalue weighted by Gasteiger charge is 2.16. The van der Waals surface area contributed by atoms with Crippen molar-refractivity contribution in [1.29, 1.82) is 0 Å². The molecule has 2 aromatic carbocycles. The van der Waals surface area contributed by atoms with Crippen LogP contribution in [0.25, 0.3) is 22.2 Å². The van der Waals surface area contributed by atoms with Crippen molar-refractivity contribution in [3.05, 3.63) is 64.1 Å². The second kappa shape index (κ2) is 5.84. The van der Waals surface area contributed by atoms with Gasteiger partial charge in [-0.05, 0) is 30.7 Å². The molecular formula is C17H12Cl3N. The Bertz CT molecular complexity index is 812. The average molecular weight is 337 g/mol. The van der Waals surface area contributed by atoms with Crippen molar-refractivity contribution in [1.82, 2.24) is 4.98 Å². The molecule has 0 spiro atoms. The molecule has 0 fully saturated rings. The Balaban J connectivity index is 2.37. The molecule has 0 bridgehead atoms. The summed E-state index contributed by atoms with van der Waals surface area (Å²) in [5, 5.41) is 2.07. The number of aromatic nitrogens is 1. The van der Waals surface area contributed by atoms with E-state index >= 15 is 0 Å².